The fraction of sp³-hybridized carbons (Fsp3) is 0.143. The van der Waals surface area contributed by atoms with Crippen molar-refractivity contribution >= 4 is 45.3 Å². The number of nitrogens with zero attached hydrogens (tertiary/aromatic N) is 2. The summed E-state index contributed by atoms with van der Waals surface area (Å²) < 4.78 is 15.7. The third kappa shape index (κ3) is 3.25. The lowest BCUT2D eigenvalue weighted by Crippen LogP contribution is -2.27. The van der Waals surface area contributed by atoms with Crippen LogP contribution in [0.2, 0.25) is 0 Å². The van der Waals surface area contributed by atoms with Crippen LogP contribution in [0.4, 0.5) is 4.39 Å². The van der Waals surface area contributed by atoms with E-state index in [4.69, 9.17) is 0 Å². The Hall–Kier alpha value is -3.26. The van der Waals surface area contributed by atoms with Crippen LogP contribution in [0.15, 0.2) is 58.5 Å². The molecule has 0 aliphatic heterocycles. The summed E-state index contributed by atoms with van der Waals surface area (Å²) in [5.41, 5.74) is 0.833. The summed E-state index contributed by atoms with van der Waals surface area (Å²) in [5, 5.41) is -0.236. The van der Waals surface area contributed by atoms with Crippen molar-refractivity contribution in [1.29, 1.82) is 0 Å². The van der Waals surface area contributed by atoms with Gasteiger partial charge in [0.1, 0.15) is 22.1 Å². The average Bonchev–Trinajstić information content (AvgIpc) is 3.06. The van der Waals surface area contributed by atoms with Crippen molar-refractivity contribution in [3.05, 3.63) is 64.7 Å². The van der Waals surface area contributed by atoms with Gasteiger partial charge in [0.05, 0.1) is 5.69 Å². The number of ketones is 2. The number of benzene rings is 2. The number of H-pyrrole nitrogens is 1. The maximum atomic E-state index is 14.6. The van der Waals surface area contributed by atoms with Crippen LogP contribution < -0.4 is 5.56 Å². The van der Waals surface area contributed by atoms with Crippen molar-refractivity contribution in [3.8, 4) is 5.69 Å². The van der Waals surface area contributed by atoms with Crippen molar-refractivity contribution in [2.24, 2.45) is 0 Å². The Morgan fingerprint density at radius 2 is 1.72 bits per heavy atom. The van der Waals surface area contributed by atoms with Crippen molar-refractivity contribution < 1.29 is 14.0 Å². The summed E-state index contributed by atoms with van der Waals surface area (Å²) in [5.74, 6) is -1.34. The molecule has 2 aromatic heterocycles. The molecule has 0 amide bonds. The average molecular weight is 409 g/mol. The Balaban J connectivity index is 2.08. The van der Waals surface area contributed by atoms with Gasteiger partial charge in [0, 0.05) is 10.9 Å². The molecule has 29 heavy (non-hydrogen) atoms. The van der Waals surface area contributed by atoms with E-state index in [-0.39, 0.29) is 27.9 Å². The monoisotopic (exact) mass is 409 g/mol. The number of carbonyl (C=O) groups is 2. The summed E-state index contributed by atoms with van der Waals surface area (Å²) >= 11 is 0.848. The largest absolute Gasteiger partial charge is 0.349 e. The van der Waals surface area contributed by atoms with E-state index in [1.807, 2.05) is 24.3 Å². The number of nitrogens with one attached hydrogen (secondary N) is 1. The second-order valence-corrected chi connectivity index (χ2v) is 7.67. The second-order valence-electron chi connectivity index (χ2n) is 6.60. The van der Waals surface area contributed by atoms with Crippen molar-refractivity contribution in [2.75, 3.05) is 0 Å². The van der Waals surface area contributed by atoms with E-state index in [0.29, 0.717) is 11.0 Å². The zero-order valence-electron chi connectivity index (χ0n) is 15.6. The Bertz CT molecular complexity index is 1330. The first-order valence-electron chi connectivity index (χ1n) is 8.84. The Kier molecular flexibility index (Phi) is 4.79. The zero-order valence-corrected chi connectivity index (χ0v) is 16.4. The summed E-state index contributed by atoms with van der Waals surface area (Å²) in [6, 6.07) is 13.1. The van der Waals surface area contributed by atoms with E-state index < -0.39 is 16.6 Å². The minimum absolute atomic E-state index is 0.00101. The molecule has 0 spiro atoms. The van der Waals surface area contributed by atoms with E-state index in [0.717, 1.165) is 21.7 Å². The Morgan fingerprint density at radius 3 is 2.41 bits per heavy atom. The van der Waals surface area contributed by atoms with Crippen LogP contribution in [-0.2, 0) is 9.59 Å². The SMILES string of the molecule is CC(=O)C(Sc1nc2c([nH]c3ccccc32)c(=O)n1-c1ccccc1F)C(C)=O. The van der Waals surface area contributed by atoms with Crippen LogP contribution in [0.5, 0.6) is 0 Å². The molecule has 4 aromatic rings. The van der Waals surface area contributed by atoms with Gasteiger partial charge in [0.25, 0.3) is 5.56 Å². The number of hydrogen-bond donors (Lipinski definition) is 1. The molecule has 0 aliphatic carbocycles. The quantitative estimate of drug-likeness (QED) is 0.309. The topological polar surface area (TPSA) is 84.8 Å². The molecule has 0 fully saturated rings. The molecule has 0 bridgehead atoms. The molecule has 0 atom stereocenters. The smallest absolute Gasteiger partial charge is 0.283 e. The molecule has 6 nitrogen and oxygen atoms in total. The third-order valence-corrected chi connectivity index (χ3v) is 5.93. The minimum atomic E-state index is -1.04. The van der Waals surface area contributed by atoms with Gasteiger partial charge in [-0.3, -0.25) is 19.0 Å². The standard InChI is InChI=1S/C21H16FN3O3S/c1-11(26)19(12(2)27)29-21-24-17-13-7-3-5-9-15(13)23-18(17)20(28)25(21)16-10-6-4-8-14(16)22/h3-10,19,23H,1-2H3. The fourth-order valence-corrected chi connectivity index (χ4v) is 4.20. The van der Waals surface area contributed by atoms with Gasteiger partial charge in [-0.2, -0.15) is 0 Å². The molecule has 146 valence electrons. The van der Waals surface area contributed by atoms with Gasteiger partial charge in [0.15, 0.2) is 16.7 Å². The molecule has 2 aromatic carbocycles. The number of Topliss-reactive ketones (excluding diaryl/α,β-unsaturated/α-hetero) is 2. The number of halogens is 1. The van der Waals surface area contributed by atoms with Gasteiger partial charge >= 0.3 is 0 Å². The highest BCUT2D eigenvalue weighted by atomic mass is 32.2. The normalized spacial score (nSPS) is 11.4. The number of aromatic nitrogens is 3. The van der Waals surface area contributed by atoms with E-state index >= 15 is 0 Å². The van der Waals surface area contributed by atoms with E-state index in [1.54, 1.807) is 6.07 Å². The Morgan fingerprint density at radius 1 is 1.07 bits per heavy atom. The number of fused-ring (bicyclic) bond motifs is 3. The van der Waals surface area contributed by atoms with E-state index in [1.165, 1.54) is 32.0 Å². The maximum absolute atomic E-state index is 14.6. The van der Waals surface area contributed by atoms with Crippen LogP contribution in [0.25, 0.3) is 27.6 Å². The molecular formula is C21H16FN3O3S. The van der Waals surface area contributed by atoms with Crippen LogP contribution >= 0.6 is 11.8 Å². The van der Waals surface area contributed by atoms with Gasteiger partial charge in [-0.05, 0) is 32.0 Å². The first-order chi connectivity index (χ1) is 13.9. The Labute approximate surface area is 168 Å². The molecule has 2 heterocycles. The number of hydrogen-bond acceptors (Lipinski definition) is 5. The highest BCUT2D eigenvalue weighted by Crippen LogP contribution is 2.29. The summed E-state index contributed by atoms with van der Waals surface area (Å²) in [4.78, 5) is 44.9. The van der Waals surface area contributed by atoms with E-state index in [9.17, 15) is 18.8 Å². The first kappa shape index (κ1) is 19.1. The lowest BCUT2D eigenvalue weighted by Gasteiger charge is -2.15. The van der Waals surface area contributed by atoms with Crippen LogP contribution in [0, 0.1) is 5.82 Å². The van der Waals surface area contributed by atoms with Crippen molar-refractivity contribution in [1.82, 2.24) is 14.5 Å². The van der Waals surface area contributed by atoms with Gasteiger partial charge in [-0.1, -0.05) is 42.1 Å². The molecule has 8 heteroatoms. The molecule has 4 rings (SSSR count). The minimum Gasteiger partial charge on any atom is -0.349 e. The number of aromatic amines is 1. The molecular weight excluding hydrogens is 393 g/mol. The van der Waals surface area contributed by atoms with E-state index in [2.05, 4.69) is 9.97 Å². The summed E-state index contributed by atoms with van der Waals surface area (Å²) in [6.07, 6.45) is 0. The predicted molar refractivity (Wildman–Crippen MR) is 110 cm³/mol. The summed E-state index contributed by atoms with van der Waals surface area (Å²) in [6.45, 7) is 2.60. The molecule has 0 aliphatic rings. The molecule has 0 saturated heterocycles. The molecule has 1 N–H and O–H groups in total. The van der Waals surface area contributed by atoms with Gasteiger partial charge in [0.2, 0.25) is 0 Å². The number of carbonyl (C=O) groups excluding carboxylic acids is 2. The van der Waals surface area contributed by atoms with Crippen LogP contribution in [0.3, 0.4) is 0 Å². The maximum Gasteiger partial charge on any atom is 0.283 e. The van der Waals surface area contributed by atoms with Crippen molar-refractivity contribution in [2.45, 2.75) is 24.3 Å². The second kappa shape index (κ2) is 7.29. The lowest BCUT2D eigenvalue weighted by molar-refractivity contribution is -0.123. The number of thioether (sulfide) groups is 1. The number of para-hydroxylation sites is 2. The predicted octanol–water partition coefficient (Wildman–Crippen LogP) is 3.64. The van der Waals surface area contributed by atoms with Gasteiger partial charge in [-0.25, -0.2) is 9.37 Å². The van der Waals surface area contributed by atoms with Crippen LogP contribution in [-0.4, -0.2) is 31.4 Å². The third-order valence-electron chi connectivity index (χ3n) is 4.55. The molecule has 0 radical (unpaired) electrons. The van der Waals surface area contributed by atoms with Crippen LogP contribution in [0.1, 0.15) is 13.8 Å². The first-order valence-corrected chi connectivity index (χ1v) is 9.72. The highest BCUT2D eigenvalue weighted by molar-refractivity contribution is 8.01. The zero-order chi connectivity index (χ0) is 20.7. The van der Waals surface area contributed by atoms with Gasteiger partial charge < -0.3 is 4.98 Å². The van der Waals surface area contributed by atoms with Gasteiger partial charge in [-0.15, -0.1) is 0 Å². The van der Waals surface area contributed by atoms with Crippen molar-refractivity contribution in [3.63, 3.8) is 0 Å². The molecule has 0 unspecified atom stereocenters. The number of rotatable bonds is 5. The highest BCUT2D eigenvalue weighted by Gasteiger charge is 2.26. The lowest BCUT2D eigenvalue weighted by atomic mass is 10.2. The summed E-state index contributed by atoms with van der Waals surface area (Å²) in [7, 11) is 0. The fourth-order valence-electron chi connectivity index (χ4n) is 3.22. The molecule has 0 saturated carbocycles.